The van der Waals surface area contributed by atoms with Crippen LogP contribution in [0.4, 0.5) is 0 Å². The normalized spacial score (nSPS) is 11.3. The summed E-state index contributed by atoms with van der Waals surface area (Å²) in [5.74, 6) is 1.23. The monoisotopic (exact) mass is 464 g/mol. The zero-order valence-electron chi connectivity index (χ0n) is 16.7. The topological polar surface area (TPSA) is 85.9 Å². The van der Waals surface area contributed by atoms with Gasteiger partial charge in [-0.1, -0.05) is 19.9 Å². The van der Waals surface area contributed by atoms with E-state index in [0.717, 1.165) is 10.9 Å². The molecule has 0 aliphatic heterocycles. The maximum atomic E-state index is 11.9. The van der Waals surface area contributed by atoms with E-state index in [1.54, 1.807) is 31.4 Å². The van der Waals surface area contributed by atoms with E-state index in [2.05, 4.69) is 40.6 Å². The Morgan fingerprint density at radius 2 is 1.55 bits per heavy atom. The Kier molecular flexibility index (Phi) is 8.79. The van der Waals surface area contributed by atoms with Crippen molar-refractivity contribution in [2.45, 2.75) is 26.2 Å². The lowest BCUT2D eigenvalue weighted by molar-refractivity contribution is -0.131. The number of carbonyl (C=O) groups is 2. The Labute approximate surface area is 178 Å². The molecule has 2 aromatic rings. The summed E-state index contributed by atoms with van der Waals surface area (Å²) in [6.45, 7) is 3.80. The van der Waals surface area contributed by atoms with Crippen molar-refractivity contribution in [3.8, 4) is 17.2 Å². The molecule has 0 saturated heterocycles. The minimum absolute atomic E-state index is 0.235. The maximum absolute atomic E-state index is 11.9. The summed E-state index contributed by atoms with van der Waals surface area (Å²) in [6, 6.07) is 12.6. The molecule has 2 amide bonds. The molecule has 0 bridgehead atoms. The van der Waals surface area contributed by atoms with Crippen LogP contribution in [0.25, 0.3) is 0 Å². The average molecular weight is 465 g/mol. The summed E-state index contributed by atoms with van der Waals surface area (Å²) in [7, 11) is 1.57. The molecule has 2 N–H and O–H groups in total. The van der Waals surface area contributed by atoms with Crippen molar-refractivity contribution < 1.29 is 23.8 Å². The minimum Gasteiger partial charge on any atom is -0.497 e. The number of benzene rings is 2. The largest absolute Gasteiger partial charge is 0.497 e. The fourth-order valence-electron chi connectivity index (χ4n) is 2.35. The van der Waals surface area contributed by atoms with Crippen LogP contribution in [0.3, 0.4) is 0 Å². The van der Waals surface area contributed by atoms with E-state index in [4.69, 9.17) is 14.2 Å². The summed E-state index contributed by atoms with van der Waals surface area (Å²) < 4.78 is 16.6. The Balaban J connectivity index is 1.71. The number of nitrogens with one attached hydrogen (secondary N) is 2. The number of hydrogen-bond donors (Lipinski definition) is 2. The van der Waals surface area contributed by atoms with Crippen LogP contribution in [0.2, 0.25) is 0 Å². The molecule has 29 heavy (non-hydrogen) atoms. The molecule has 7 nitrogen and oxygen atoms in total. The van der Waals surface area contributed by atoms with Crippen LogP contribution in [0, 0.1) is 0 Å². The summed E-state index contributed by atoms with van der Waals surface area (Å²) in [5, 5.41) is 0. The standard InChI is InChI=1S/C21H25BrN2O5/c1-4-14(2)15-5-10-19(18(22)11-15)29-13-21(26)24-23-20(25)12-28-17-8-6-16(27-3)7-9-17/h5-11,14H,4,12-13H2,1-3H3,(H,23,25)(H,24,26). The number of amides is 2. The second-order valence-corrected chi connectivity index (χ2v) is 7.20. The van der Waals surface area contributed by atoms with Crippen LogP contribution in [-0.4, -0.2) is 32.1 Å². The van der Waals surface area contributed by atoms with Crippen molar-refractivity contribution in [2.75, 3.05) is 20.3 Å². The smallest absolute Gasteiger partial charge is 0.276 e. The van der Waals surface area contributed by atoms with E-state index in [1.165, 1.54) is 5.56 Å². The first-order valence-electron chi connectivity index (χ1n) is 9.19. The number of ether oxygens (including phenoxy) is 3. The van der Waals surface area contributed by atoms with E-state index in [0.29, 0.717) is 23.2 Å². The molecular weight excluding hydrogens is 440 g/mol. The molecule has 0 aromatic heterocycles. The van der Waals surface area contributed by atoms with Crippen LogP contribution in [0.1, 0.15) is 31.7 Å². The number of carbonyl (C=O) groups excluding carboxylic acids is 2. The van der Waals surface area contributed by atoms with E-state index in [-0.39, 0.29) is 13.2 Å². The third-order valence-electron chi connectivity index (χ3n) is 4.27. The van der Waals surface area contributed by atoms with Crippen molar-refractivity contribution in [3.05, 3.63) is 52.5 Å². The van der Waals surface area contributed by atoms with Crippen LogP contribution < -0.4 is 25.1 Å². The van der Waals surface area contributed by atoms with Gasteiger partial charge in [-0.2, -0.15) is 0 Å². The van der Waals surface area contributed by atoms with Gasteiger partial charge in [0, 0.05) is 0 Å². The molecule has 1 unspecified atom stereocenters. The summed E-state index contributed by atoms with van der Waals surface area (Å²) in [6.07, 6.45) is 1.04. The molecule has 0 radical (unpaired) electrons. The summed E-state index contributed by atoms with van der Waals surface area (Å²) >= 11 is 3.46. The fraction of sp³-hybridized carbons (Fsp3) is 0.333. The Bertz CT molecular complexity index is 826. The number of hydrogen-bond acceptors (Lipinski definition) is 5. The maximum Gasteiger partial charge on any atom is 0.276 e. The molecule has 0 heterocycles. The van der Waals surface area contributed by atoms with Crippen LogP contribution >= 0.6 is 15.9 Å². The molecule has 0 saturated carbocycles. The zero-order chi connectivity index (χ0) is 21.2. The number of rotatable bonds is 9. The fourth-order valence-corrected chi connectivity index (χ4v) is 2.86. The molecule has 2 aromatic carbocycles. The van der Waals surface area contributed by atoms with Gasteiger partial charge >= 0.3 is 0 Å². The lowest BCUT2D eigenvalue weighted by Crippen LogP contribution is -2.45. The van der Waals surface area contributed by atoms with Gasteiger partial charge in [-0.05, 0) is 70.2 Å². The molecule has 0 spiro atoms. The molecule has 156 valence electrons. The predicted molar refractivity (Wildman–Crippen MR) is 113 cm³/mol. The SMILES string of the molecule is CCC(C)c1ccc(OCC(=O)NNC(=O)COc2ccc(OC)cc2)c(Br)c1. The second kappa shape index (κ2) is 11.3. The van der Waals surface area contributed by atoms with Gasteiger partial charge in [-0.25, -0.2) is 0 Å². The lowest BCUT2D eigenvalue weighted by atomic mass is 9.99. The van der Waals surface area contributed by atoms with Gasteiger partial charge in [0.05, 0.1) is 11.6 Å². The highest BCUT2D eigenvalue weighted by atomic mass is 79.9. The van der Waals surface area contributed by atoms with Crippen molar-refractivity contribution >= 4 is 27.7 Å². The summed E-state index contributed by atoms with van der Waals surface area (Å²) in [5.41, 5.74) is 5.76. The quantitative estimate of drug-likeness (QED) is 0.553. The first kappa shape index (κ1) is 22.5. The Morgan fingerprint density at radius 3 is 2.10 bits per heavy atom. The first-order valence-corrected chi connectivity index (χ1v) is 9.99. The number of halogens is 1. The highest BCUT2D eigenvalue weighted by molar-refractivity contribution is 9.10. The molecule has 0 fully saturated rings. The number of hydrazine groups is 1. The lowest BCUT2D eigenvalue weighted by Gasteiger charge is -2.13. The van der Waals surface area contributed by atoms with E-state index < -0.39 is 11.8 Å². The molecule has 2 rings (SSSR count). The van der Waals surface area contributed by atoms with Crippen molar-refractivity contribution in [3.63, 3.8) is 0 Å². The minimum atomic E-state index is -0.492. The van der Waals surface area contributed by atoms with Crippen LogP contribution in [0.15, 0.2) is 46.9 Å². The predicted octanol–water partition coefficient (Wildman–Crippen LogP) is 3.58. The molecule has 0 aliphatic rings. The van der Waals surface area contributed by atoms with Gasteiger partial charge in [0.2, 0.25) is 0 Å². The van der Waals surface area contributed by atoms with Gasteiger partial charge in [-0.15, -0.1) is 0 Å². The third kappa shape index (κ3) is 7.30. The Hall–Kier alpha value is -2.74. The Morgan fingerprint density at radius 1 is 0.966 bits per heavy atom. The molecule has 1 atom stereocenters. The van der Waals surface area contributed by atoms with Gasteiger partial charge in [0.25, 0.3) is 11.8 Å². The summed E-state index contributed by atoms with van der Waals surface area (Å²) in [4.78, 5) is 23.7. The molecule has 0 aliphatic carbocycles. The number of methoxy groups -OCH3 is 1. The first-order chi connectivity index (χ1) is 13.9. The van der Waals surface area contributed by atoms with E-state index in [9.17, 15) is 9.59 Å². The second-order valence-electron chi connectivity index (χ2n) is 6.35. The highest BCUT2D eigenvalue weighted by Crippen LogP contribution is 2.30. The molecule has 8 heteroatoms. The molecular formula is C21H25BrN2O5. The highest BCUT2D eigenvalue weighted by Gasteiger charge is 2.10. The average Bonchev–Trinajstić information content (AvgIpc) is 2.75. The van der Waals surface area contributed by atoms with Crippen molar-refractivity contribution in [2.24, 2.45) is 0 Å². The van der Waals surface area contributed by atoms with Gasteiger partial charge < -0.3 is 14.2 Å². The van der Waals surface area contributed by atoms with E-state index >= 15 is 0 Å². The van der Waals surface area contributed by atoms with Crippen LogP contribution in [0.5, 0.6) is 17.2 Å². The zero-order valence-corrected chi connectivity index (χ0v) is 18.2. The van der Waals surface area contributed by atoms with Gasteiger partial charge in [-0.3, -0.25) is 20.4 Å². The van der Waals surface area contributed by atoms with E-state index in [1.807, 2.05) is 18.2 Å². The van der Waals surface area contributed by atoms with Crippen LogP contribution in [-0.2, 0) is 9.59 Å². The van der Waals surface area contributed by atoms with Crippen molar-refractivity contribution in [1.82, 2.24) is 10.9 Å². The van der Waals surface area contributed by atoms with Crippen molar-refractivity contribution in [1.29, 1.82) is 0 Å². The third-order valence-corrected chi connectivity index (χ3v) is 4.89. The van der Waals surface area contributed by atoms with Gasteiger partial charge in [0.15, 0.2) is 13.2 Å². The van der Waals surface area contributed by atoms with Gasteiger partial charge in [0.1, 0.15) is 17.2 Å².